The number of benzene rings is 1. The van der Waals surface area contributed by atoms with E-state index >= 15 is 0 Å². The van der Waals surface area contributed by atoms with Gasteiger partial charge in [0.05, 0.1) is 30.2 Å². The van der Waals surface area contributed by atoms with E-state index in [0.29, 0.717) is 12.1 Å². The zero-order chi connectivity index (χ0) is 17.4. The fourth-order valence-electron chi connectivity index (χ4n) is 4.52. The SMILES string of the molecule is Cc1[nH]c2c(F)cccc2c1CC(=O)N[C@@H]1COC2(CCCCC2)C1. The number of halogens is 1. The molecule has 1 saturated heterocycles. The van der Waals surface area contributed by atoms with Gasteiger partial charge in [-0.2, -0.15) is 0 Å². The summed E-state index contributed by atoms with van der Waals surface area (Å²) >= 11 is 0. The molecule has 1 spiro atoms. The minimum Gasteiger partial charge on any atom is -0.373 e. The number of H-pyrrole nitrogens is 1. The Hall–Kier alpha value is -1.88. The summed E-state index contributed by atoms with van der Waals surface area (Å²) in [6.07, 6.45) is 7.14. The van der Waals surface area contributed by atoms with Crippen molar-refractivity contribution >= 4 is 16.8 Å². The maximum atomic E-state index is 13.9. The van der Waals surface area contributed by atoms with Gasteiger partial charge in [0.1, 0.15) is 5.82 Å². The molecule has 0 radical (unpaired) electrons. The summed E-state index contributed by atoms with van der Waals surface area (Å²) < 4.78 is 20.0. The Bertz CT molecular complexity index is 792. The lowest BCUT2D eigenvalue weighted by molar-refractivity contribution is -0.121. The zero-order valence-electron chi connectivity index (χ0n) is 14.7. The molecule has 1 aliphatic carbocycles. The molecule has 2 aliphatic rings. The number of nitrogens with one attached hydrogen (secondary N) is 2. The molecule has 134 valence electrons. The Morgan fingerprint density at radius 2 is 2.16 bits per heavy atom. The fourth-order valence-corrected chi connectivity index (χ4v) is 4.52. The van der Waals surface area contributed by atoms with Crippen LogP contribution in [0.3, 0.4) is 0 Å². The topological polar surface area (TPSA) is 54.1 Å². The molecule has 2 N–H and O–H groups in total. The molecule has 2 aromatic rings. The number of carbonyl (C=O) groups is 1. The number of rotatable bonds is 3. The summed E-state index contributed by atoms with van der Waals surface area (Å²) in [4.78, 5) is 15.6. The zero-order valence-corrected chi connectivity index (χ0v) is 14.7. The van der Waals surface area contributed by atoms with Crippen molar-refractivity contribution in [3.63, 3.8) is 0 Å². The molecule has 25 heavy (non-hydrogen) atoms. The molecule has 0 unspecified atom stereocenters. The maximum Gasteiger partial charge on any atom is 0.224 e. The average molecular weight is 344 g/mol. The van der Waals surface area contributed by atoms with E-state index in [-0.39, 0.29) is 29.8 Å². The molecular formula is C20H25FN2O2. The van der Waals surface area contributed by atoms with Crippen molar-refractivity contribution in [2.24, 2.45) is 0 Å². The van der Waals surface area contributed by atoms with Crippen molar-refractivity contribution < 1.29 is 13.9 Å². The molecule has 4 nitrogen and oxygen atoms in total. The van der Waals surface area contributed by atoms with Crippen LogP contribution >= 0.6 is 0 Å². The number of amides is 1. The molecule has 5 heteroatoms. The third kappa shape index (κ3) is 3.17. The molecule has 0 bridgehead atoms. The Morgan fingerprint density at radius 1 is 1.36 bits per heavy atom. The molecule has 1 saturated carbocycles. The summed E-state index contributed by atoms with van der Waals surface area (Å²) in [6, 6.07) is 5.07. The van der Waals surface area contributed by atoms with Gasteiger partial charge in [-0.15, -0.1) is 0 Å². The third-order valence-corrected chi connectivity index (χ3v) is 5.78. The van der Waals surface area contributed by atoms with Gasteiger partial charge in [-0.25, -0.2) is 4.39 Å². The first-order valence-corrected chi connectivity index (χ1v) is 9.25. The summed E-state index contributed by atoms with van der Waals surface area (Å²) in [7, 11) is 0. The van der Waals surface area contributed by atoms with E-state index < -0.39 is 0 Å². The van der Waals surface area contributed by atoms with Crippen LogP contribution in [0.25, 0.3) is 10.9 Å². The van der Waals surface area contributed by atoms with Crippen LogP contribution in [0.15, 0.2) is 18.2 Å². The molecule has 4 rings (SSSR count). The fraction of sp³-hybridized carbons (Fsp3) is 0.550. The number of ether oxygens (including phenoxy) is 1. The van der Waals surface area contributed by atoms with Crippen molar-refractivity contribution in [2.45, 2.75) is 63.5 Å². The van der Waals surface area contributed by atoms with E-state index in [9.17, 15) is 9.18 Å². The Kier molecular flexibility index (Phi) is 4.28. The molecule has 1 atom stereocenters. The van der Waals surface area contributed by atoms with E-state index in [2.05, 4.69) is 10.3 Å². The number of aromatic nitrogens is 1. The number of hydrogen-bond donors (Lipinski definition) is 2. The first kappa shape index (κ1) is 16.6. The minimum absolute atomic E-state index is 0.00394. The van der Waals surface area contributed by atoms with Crippen LogP contribution in [-0.4, -0.2) is 29.1 Å². The van der Waals surface area contributed by atoms with Crippen LogP contribution in [0.1, 0.15) is 49.8 Å². The second-order valence-electron chi connectivity index (χ2n) is 7.59. The van der Waals surface area contributed by atoms with Crippen LogP contribution in [0.4, 0.5) is 4.39 Å². The van der Waals surface area contributed by atoms with E-state index in [0.717, 1.165) is 35.9 Å². The van der Waals surface area contributed by atoms with Crippen LogP contribution in [-0.2, 0) is 16.0 Å². The first-order valence-electron chi connectivity index (χ1n) is 9.25. The largest absolute Gasteiger partial charge is 0.373 e. The van der Waals surface area contributed by atoms with E-state index in [1.54, 1.807) is 6.07 Å². The number of para-hydroxylation sites is 1. The van der Waals surface area contributed by atoms with Gasteiger partial charge < -0.3 is 15.0 Å². The number of hydrogen-bond acceptors (Lipinski definition) is 2. The number of aromatic amines is 1. The van der Waals surface area contributed by atoms with E-state index in [4.69, 9.17) is 4.74 Å². The highest BCUT2D eigenvalue weighted by Crippen LogP contribution is 2.39. The number of aryl methyl sites for hydroxylation is 1. The van der Waals surface area contributed by atoms with Gasteiger partial charge in [0.2, 0.25) is 5.91 Å². The normalized spacial score (nSPS) is 22.6. The van der Waals surface area contributed by atoms with Gasteiger partial charge in [-0.3, -0.25) is 4.79 Å². The Labute approximate surface area is 147 Å². The Balaban J connectivity index is 1.43. The van der Waals surface area contributed by atoms with Crippen LogP contribution < -0.4 is 5.32 Å². The van der Waals surface area contributed by atoms with E-state index in [1.807, 2.05) is 13.0 Å². The van der Waals surface area contributed by atoms with Crippen molar-refractivity contribution in [2.75, 3.05) is 6.61 Å². The van der Waals surface area contributed by atoms with Crippen molar-refractivity contribution in [1.82, 2.24) is 10.3 Å². The Morgan fingerprint density at radius 3 is 2.96 bits per heavy atom. The van der Waals surface area contributed by atoms with Crippen LogP contribution in [0.5, 0.6) is 0 Å². The number of carbonyl (C=O) groups excluding carboxylic acids is 1. The molecule has 1 aromatic heterocycles. The second kappa shape index (κ2) is 6.45. The molecule has 1 aromatic carbocycles. The van der Waals surface area contributed by atoms with Gasteiger partial charge in [0, 0.05) is 11.1 Å². The van der Waals surface area contributed by atoms with Gasteiger partial charge in [0.25, 0.3) is 0 Å². The average Bonchev–Trinajstić information content (AvgIpc) is 3.11. The monoisotopic (exact) mass is 344 g/mol. The van der Waals surface area contributed by atoms with Crippen molar-refractivity contribution in [3.05, 3.63) is 35.3 Å². The van der Waals surface area contributed by atoms with Crippen molar-refractivity contribution in [3.8, 4) is 0 Å². The number of fused-ring (bicyclic) bond motifs is 1. The summed E-state index contributed by atoms with van der Waals surface area (Å²) in [5, 5.41) is 3.91. The lowest BCUT2D eigenvalue weighted by atomic mass is 9.82. The smallest absolute Gasteiger partial charge is 0.224 e. The predicted molar refractivity (Wildman–Crippen MR) is 95.0 cm³/mol. The minimum atomic E-state index is -0.282. The predicted octanol–water partition coefficient (Wildman–Crippen LogP) is 3.77. The molecule has 1 aliphatic heterocycles. The summed E-state index contributed by atoms with van der Waals surface area (Å²) in [5.74, 6) is -0.301. The second-order valence-corrected chi connectivity index (χ2v) is 7.59. The summed E-state index contributed by atoms with van der Waals surface area (Å²) in [5.41, 5.74) is 2.20. The maximum absolute atomic E-state index is 13.9. The highest BCUT2D eigenvalue weighted by molar-refractivity contribution is 5.90. The van der Waals surface area contributed by atoms with Gasteiger partial charge in [-0.1, -0.05) is 31.4 Å². The van der Waals surface area contributed by atoms with Gasteiger partial charge in [0.15, 0.2) is 0 Å². The molecular weight excluding hydrogens is 319 g/mol. The van der Waals surface area contributed by atoms with Crippen LogP contribution in [0.2, 0.25) is 0 Å². The highest BCUT2D eigenvalue weighted by Gasteiger charge is 2.41. The quantitative estimate of drug-likeness (QED) is 0.891. The van der Waals surface area contributed by atoms with Crippen molar-refractivity contribution in [1.29, 1.82) is 0 Å². The molecule has 2 heterocycles. The van der Waals surface area contributed by atoms with Gasteiger partial charge >= 0.3 is 0 Å². The lowest BCUT2D eigenvalue weighted by Gasteiger charge is -2.32. The highest BCUT2D eigenvalue weighted by atomic mass is 19.1. The van der Waals surface area contributed by atoms with Crippen LogP contribution in [0, 0.1) is 12.7 Å². The summed E-state index contributed by atoms with van der Waals surface area (Å²) in [6.45, 7) is 2.49. The first-order chi connectivity index (χ1) is 12.1. The standard InChI is InChI=1S/C20H25FN2O2/c1-13-16(15-6-5-7-17(21)19(15)22-13)10-18(24)23-14-11-20(25-12-14)8-3-2-4-9-20/h5-7,14,22H,2-4,8-12H2,1H3,(H,23,24)/t14-/m0/s1. The lowest BCUT2D eigenvalue weighted by Crippen LogP contribution is -2.38. The third-order valence-electron chi connectivity index (χ3n) is 5.78. The van der Waals surface area contributed by atoms with Gasteiger partial charge in [-0.05, 0) is 37.8 Å². The van der Waals surface area contributed by atoms with E-state index in [1.165, 1.54) is 25.3 Å². The molecule has 2 fully saturated rings. The molecule has 1 amide bonds.